The van der Waals surface area contributed by atoms with Crippen LogP contribution in [-0.2, 0) is 5.75 Å². The van der Waals surface area contributed by atoms with E-state index in [1.165, 1.54) is 17.8 Å². The van der Waals surface area contributed by atoms with E-state index in [0.29, 0.717) is 22.5 Å². The van der Waals surface area contributed by atoms with Crippen LogP contribution in [0.15, 0.2) is 44.4 Å². The van der Waals surface area contributed by atoms with Crippen LogP contribution in [0.25, 0.3) is 11.1 Å². The maximum absolute atomic E-state index is 10.9. The molecule has 20 heavy (non-hydrogen) atoms. The van der Waals surface area contributed by atoms with Crippen molar-refractivity contribution >= 4 is 28.8 Å². The molecule has 1 aromatic carbocycles. The number of nitrogens with zero attached hydrogens (tertiary/aromatic N) is 1. The first-order chi connectivity index (χ1) is 9.63. The van der Waals surface area contributed by atoms with Crippen LogP contribution in [0.3, 0.4) is 0 Å². The molecular formula is C14H11NO4S. The summed E-state index contributed by atoms with van der Waals surface area (Å²) in [4.78, 5) is 15.3. The summed E-state index contributed by atoms with van der Waals surface area (Å²) in [6.45, 7) is 1.64. The highest BCUT2D eigenvalue weighted by atomic mass is 32.2. The highest BCUT2D eigenvalue weighted by Crippen LogP contribution is 2.27. The van der Waals surface area contributed by atoms with Gasteiger partial charge in [0.15, 0.2) is 5.58 Å². The van der Waals surface area contributed by atoms with Crippen molar-refractivity contribution in [1.82, 2.24) is 4.98 Å². The fraction of sp³-hybridized carbons (Fsp3) is 0.143. The number of hydrogen-bond acceptors (Lipinski definition) is 5. The summed E-state index contributed by atoms with van der Waals surface area (Å²) >= 11 is 1.37. The Morgan fingerprint density at radius 1 is 1.35 bits per heavy atom. The normalized spacial score (nSPS) is 11.1. The van der Waals surface area contributed by atoms with Gasteiger partial charge in [0, 0.05) is 0 Å². The molecule has 0 fully saturated rings. The van der Waals surface area contributed by atoms with Crippen LogP contribution in [0.2, 0.25) is 0 Å². The Labute approximate surface area is 118 Å². The minimum absolute atomic E-state index is 0.193. The molecule has 0 saturated heterocycles. The summed E-state index contributed by atoms with van der Waals surface area (Å²) < 4.78 is 11.0. The zero-order valence-electron chi connectivity index (χ0n) is 10.6. The summed E-state index contributed by atoms with van der Waals surface area (Å²) in [5, 5.41) is 9.50. The van der Waals surface area contributed by atoms with Crippen molar-refractivity contribution in [3.63, 3.8) is 0 Å². The van der Waals surface area contributed by atoms with Crippen LogP contribution in [0.1, 0.15) is 21.9 Å². The monoisotopic (exact) mass is 289 g/mol. The lowest BCUT2D eigenvalue weighted by Gasteiger charge is -1.92. The van der Waals surface area contributed by atoms with Crippen molar-refractivity contribution in [1.29, 1.82) is 0 Å². The summed E-state index contributed by atoms with van der Waals surface area (Å²) in [5.74, 6) is 0.489. The molecule has 0 aliphatic heterocycles. The molecule has 3 rings (SSSR count). The number of hydrogen-bond donors (Lipinski definition) is 1. The second-order valence-electron chi connectivity index (χ2n) is 4.22. The number of carboxylic acids is 1. The Kier molecular flexibility index (Phi) is 3.23. The van der Waals surface area contributed by atoms with Gasteiger partial charge < -0.3 is 13.9 Å². The topological polar surface area (TPSA) is 76.5 Å². The predicted octanol–water partition coefficient (Wildman–Crippen LogP) is 3.72. The Morgan fingerprint density at radius 3 is 2.85 bits per heavy atom. The van der Waals surface area contributed by atoms with Crippen LogP contribution < -0.4 is 0 Å². The van der Waals surface area contributed by atoms with Crippen molar-refractivity contribution in [2.75, 3.05) is 0 Å². The number of thioether (sulfide) groups is 1. The van der Waals surface area contributed by atoms with Crippen LogP contribution in [0, 0.1) is 6.92 Å². The van der Waals surface area contributed by atoms with Gasteiger partial charge in [-0.2, -0.15) is 0 Å². The molecule has 0 amide bonds. The van der Waals surface area contributed by atoms with Crippen molar-refractivity contribution in [2.45, 2.75) is 17.9 Å². The van der Waals surface area contributed by atoms with Gasteiger partial charge >= 0.3 is 5.97 Å². The van der Waals surface area contributed by atoms with Gasteiger partial charge in [0.05, 0.1) is 5.75 Å². The molecule has 0 spiro atoms. The quantitative estimate of drug-likeness (QED) is 0.738. The molecule has 102 valence electrons. The van der Waals surface area contributed by atoms with Gasteiger partial charge in [-0.15, -0.1) is 0 Å². The highest BCUT2D eigenvalue weighted by molar-refractivity contribution is 7.98. The minimum Gasteiger partial charge on any atom is -0.478 e. The van der Waals surface area contributed by atoms with Gasteiger partial charge in [0.2, 0.25) is 0 Å². The number of para-hydroxylation sites is 2. The van der Waals surface area contributed by atoms with E-state index in [-0.39, 0.29) is 5.56 Å². The second kappa shape index (κ2) is 5.05. The molecule has 5 nitrogen and oxygen atoms in total. The maximum atomic E-state index is 10.9. The van der Waals surface area contributed by atoms with Crippen LogP contribution in [0.5, 0.6) is 0 Å². The third-order valence-electron chi connectivity index (χ3n) is 2.81. The third kappa shape index (κ3) is 2.42. The van der Waals surface area contributed by atoms with Crippen LogP contribution in [0.4, 0.5) is 0 Å². The fourth-order valence-electron chi connectivity index (χ4n) is 1.87. The number of carbonyl (C=O) groups is 1. The summed E-state index contributed by atoms with van der Waals surface area (Å²) in [6, 6.07) is 9.05. The van der Waals surface area contributed by atoms with E-state index in [4.69, 9.17) is 13.9 Å². The Morgan fingerprint density at radius 2 is 2.15 bits per heavy atom. The number of aryl methyl sites for hydroxylation is 1. The zero-order chi connectivity index (χ0) is 14.1. The third-order valence-corrected chi connectivity index (χ3v) is 3.66. The standard InChI is InChI=1S/C14H11NO4S/c1-8-10(13(16)17)6-9(18-8)7-20-14-15-11-4-2-3-5-12(11)19-14/h2-6H,7H2,1H3,(H,16,17). The summed E-state index contributed by atoms with van der Waals surface area (Å²) in [7, 11) is 0. The largest absolute Gasteiger partial charge is 0.478 e. The molecular weight excluding hydrogens is 278 g/mol. The predicted molar refractivity (Wildman–Crippen MR) is 74.0 cm³/mol. The van der Waals surface area contributed by atoms with E-state index in [1.807, 2.05) is 24.3 Å². The minimum atomic E-state index is -0.982. The molecule has 2 aromatic heterocycles. The Hall–Kier alpha value is -2.21. The first kappa shape index (κ1) is 12.8. The smallest absolute Gasteiger partial charge is 0.339 e. The Bertz CT molecular complexity index is 741. The number of aromatic nitrogens is 1. The van der Waals surface area contributed by atoms with Crippen molar-refractivity contribution in [3.8, 4) is 0 Å². The number of aromatic carboxylic acids is 1. The highest BCUT2D eigenvalue weighted by Gasteiger charge is 2.14. The molecule has 0 unspecified atom stereocenters. The van der Waals surface area contributed by atoms with Crippen molar-refractivity contribution < 1.29 is 18.7 Å². The van der Waals surface area contributed by atoms with Crippen molar-refractivity contribution in [2.24, 2.45) is 0 Å². The molecule has 0 saturated carbocycles. The average molecular weight is 289 g/mol. The van der Waals surface area contributed by atoms with Gasteiger partial charge in [0.25, 0.3) is 5.22 Å². The average Bonchev–Trinajstić information content (AvgIpc) is 2.99. The molecule has 0 aliphatic carbocycles. The lowest BCUT2D eigenvalue weighted by molar-refractivity contribution is 0.0695. The second-order valence-corrected chi connectivity index (χ2v) is 5.15. The lowest BCUT2D eigenvalue weighted by atomic mass is 10.2. The van der Waals surface area contributed by atoms with E-state index in [9.17, 15) is 4.79 Å². The van der Waals surface area contributed by atoms with E-state index < -0.39 is 5.97 Å². The summed E-state index contributed by atoms with van der Waals surface area (Å²) in [5.41, 5.74) is 1.73. The Balaban J connectivity index is 1.76. The molecule has 0 radical (unpaired) electrons. The first-order valence-electron chi connectivity index (χ1n) is 5.94. The fourth-order valence-corrected chi connectivity index (χ4v) is 2.59. The van der Waals surface area contributed by atoms with E-state index >= 15 is 0 Å². The van der Waals surface area contributed by atoms with Gasteiger partial charge in [0.1, 0.15) is 22.6 Å². The number of carboxylic acid groups (broad SMARTS) is 1. The molecule has 6 heteroatoms. The van der Waals surface area contributed by atoms with E-state index in [0.717, 1.165) is 11.1 Å². The van der Waals surface area contributed by atoms with Gasteiger partial charge in [-0.25, -0.2) is 9.78 Å². The number of fused-ring (bicyclic) bond motifs is 1. The SMILES string of the molecule is Cc1oc(CSc2nc3ccccc3o2)cc1C(=O)O. The van der Waals surface area contributed by atoms with Gasteiger partial charge in [-0.3, -0.25) is 0 Å². The number of furan rings is 1. The summed E-state index contributed by atoms with van der Waals surface area (Å²) in [6.07, 6.45) is 0. The van der Waals surface area contributed by atoms with Crippen molar-refractivity contribution in [3.05, 3.63) is 47.4 Å². The molecule has 3 aromatic rings. The van der Waals surface area contributed by atoms with E-state index in [2.05, 4.69) is 4.98 Å². The van der Waals surface area contributed by atoms with E-state index in [1.54, 1.807) is 6.92 Å². The molecule has 0 aliphatic rings. The molecule has 0 atom stereocenters. The number of oxazole rings is 1. The number of benzene rings is 1. The molecule has 1 N–H and O–H groups in total. The number of rotatable bonds is 4. The molecule has 0 bridgehead atoms. The van der Waals surface area contributed by atoms with Gasteiger partial charge in [-0.1, -0.05) is 23.9 Å². The van der Waals surface area contributed by atoms with Crippen LogP contribution in [-0.4, -0.2) is 16.1 Å². The maximum Gasteiger partial charge on any atom is 0.339 e. The zero-order valence-corrected chi connectivity index (χ0v) is 11.4. The van der Waals surface area contributed by atoms with Crippen LogP contribution >= 0.6 is 11.8 Å². The van der Waals surface area contributed by atoms with Gasteiger partial charge in [-0.05, 0) is 25.1 Å². The lowest BCUT2D eigenvalue weighted by Crippen LogP contribution is -1.94. The first-order valence-corrected chi connectivity index (χ1v) is 6.93. The molecule has 2 heterocycles.